The van der Waals surface area contributed by atoms with E-state index in [9.17, 15) is 0 Å². The van der Waals surface area contributed by atoms with Gasteiger partial charge in [-0.2, -0.15) is 0 Å². The maximum absolute atomic E-state index is 9.09. The summed E-state index contributed by atoms with van der Waals surface area (Å²) in [7, 11) is 0. The minimum absolute atomic E-state index is 0.145. The molecule has 8 heavy (non-hydrogen) atoms. The molecule has 1 heterocycles. The Bertz CT molecular complexity index is 103. The van der Waals surface area contributed by atoms with Crippen LogP contribution in [0.5, 0.6) is 0 Å². The van der Waals surface area contributed by atoms with E-state index in [4.69, 9.17) is 9.84 Å². The van der Waals surface area contributed by atoms with E-state index in [0.717, 1.165) is 12.8 Å². The Morgan fingerprint density at radius 1 is 1.38 bits per heavy atom. The number of aliphatic hydroxyl groups excluding tert-OH is 1. The third-order valence-electron chi connectivity index (χ3n) is 1.99. The summed E-state index contributed by atoms with van der Waals surface area (Å²) in [6.07, 6.45) is 3.77. The molecule has 0 spiro atoms. The Hall–Kier alpha value is -0.0800. The lowest BCUT2D eigenvalue weighted by molar-refractivity contribution is 0.124. The van der Waals surface area contributed by atoms with Crippen molar-refractivity contribution in [3.05, 3.63) is 0 Å². The van der Waals surface area contributed by atoms with Gasteiger partial charge in [0.2, 0.25) is 0 Å². The first kappa shape index (κ1) is 4.77. The normalized spacial score (nSPS) is 52.9. The largest absolute Gasteiger partial charge is 0.390 e. The molecule has 2 heteroatoms. The van der Waals surface area contributed by atoms with Gasteiger partial charge < -0.3 is 9.84 Å². The lowest BCUT2D eigenvalue weighted by Gasteiger charge is -2.10. The Morgan fingerprint density at radius 3 is 2.88 bits per heavy atom. The molecule has 1 saturated carbocycles. The van der Waals surface area contributed by atoms with Crippen molar-refractivity contribution in [2.45, 2.75) is 37.6 Å². The van der Waals surface area contributed by atoms with Crippen LogP contribution in [0.4, 0.5) is 0 Å². The van der Waals surface area contributed by atoms with E-state index >= 15 is 0 Å². The predicted molar refractivity (Wildman–Crippen MR) is 28.5 cm³/mol. The van der Waals surface area contributed by atoms with Crippen LogP contribution in [0.25, 0.3) is 0 Å². The molecule has 0 aromatic rings. The molecule has 2 fully saturated rings. The molecule has 46 valence electrons. The average molecular weight is 114 g/mol. The quantitative estimate of drug-likeness (QED) is 0.459. The topological polar surface area (TPSA) is 32.8 Å². The minimum atomic E-state index is -0.145. The summed E-state index contributed by atoms with van der Waals surface area (Å²) >= 11 is 0. The minimum Gasteiger partial charge on any atom is -0.390 e. The van der Waals surface area contributed by atoms with Crippen molar-refractivity contribution in [1.29, 1.82) is 0 Å². The molecule has 1 aliphatic heterocycles. The van der Waals surface area contributed by atoms with Crippen molar-refractivity contribution in [3.63, 3.8) is 0 Å². The molecular formula is C6H10O2. The van der Waals surface area contributed by atoms with E-state index in [1.165, 1.54) is 6.42 Å². The zero-order chi connectivity index (χ0) is 5.56. The van der Waals surface area contributed by atoms with Gasteiger partial charge in [-0.15, -0.1) is 0 Å². The number of ether oxygens (including phenoxy) is 1. The molecule has 2 aliphatic rings. The maximum Gasteiger partial charge on any atom is 0.110 e. The fraction of sp³-hybridized carbons (Fsp3) is 1.00. The predicted octanol–water partition coefficient (Wildman–Crippen LogP) is 0.299. The van der Waals surface area contributed by atoms with E-state index in [1.54, 1.807) is 0 Å². The molecule has 0 radical (unpaired) electrons. The molecule has 2 rings (SSSR count). The van der Waals surface area contributed by atoms with Crippen LogP contribution >= 0.6 is 0 Å². The number of rotatable bonds is 0. The third kappa shape index (κ3) is 0.565. The number of hydrogen-bond donors (Lipinski definition) is 1. The monoisotopic (exact) mass is 114 g/mol. The molecule has 1 saturated heterocycles. The Labute approximate surface area is 48.5 Å². The van der Waals surface area contributed by atoms with Crippen LogP contribution in [-0.4, -0.2) is 23.4 Å². The van der Waals surface area contributed by atoms with Gasteiger partial charge in [0.15, 0.2) is 0 Å². The van der Waals surface area contributed by atoms with E-state index in [0.29, 0.717) is 6.10 Å². The highest BCUT2D eigenvalue weighted by Crippen LogP contribution is 2.36. The maximum atomic E-state index is 9.09. The molecule has 1 N–H and O–H groups in total. The summed E-state index contributed by atoms with van der Waals surface area (Å²) in [4.78, 5) is 0. The van der Waals surface area contributed by atoms with Crippen LogP contribution in [-0.2, 0) is 4.74 Å². The fourth-order valence-electron chi connectivity index (χ4n) is 1.42. The number of aliphatic hydroxyl groups is 1. The highest BCUT2D eigenvalue weighted by molar-refractivity contribution is 4.94. The van der Waals surface area contributed by atoms with Gasteiger partial charge in [0.1, 0.15) is 6.10 Å². The zero-order valence-electron chi connectivity index (χ0n) is 4.71. The highest BCUT2D eigenvalue weighted by atomic mass is 16.6. The van der Waals surface area contributed by atoms with E-state index in [-0.39, 0.29) is 12.2 Å². The van der Waals surface area contributed by atoms with Crippen molar-refractivity contribution >= 4 is 0 Å². The van der Waals surface area contributed by atoms with E-state index in [2.05, 4.69) is 0 Å². The van der Waals surface area contributed by atoms with Crippen LogP contribution in [0.1, 0.15) is 19.3 Å². The summed E-state index contributed by atoms with van der Waals surface area (Å²) < 4.78 is 5.14. The first-order chi connectivity index (χ1) is 3.88. The number of hydrogen-bond acceptors (Lipinski definition) is 2. The Morgan fingerprint density at radius 2 is 2.25 bits per heavy atom. The van der Waals surface area contributed by atoms with Crippen molar-refractivity contribution in [2.75, 3.05) is 0 Å². The second kappa shape index (κ2) is 1.45. The zero-order valence-corrected chi connectivity index (χ0v) is 4.71. The second-order valence-electron chi connectivity index (χ2n) is 2.64. The fourth-order valence-corrected chi connectivity index (χ4v) is 1.42. The molecule has 0 bridgehead atoms. The molecule has 3 atom stereocenters. The van der Waals surface area contributed by atoms with E-state index in [1.807, 2.05) is 0 Å². The smallest absolute Gasteiger partial charge is 0.110 e. The molecule has 2 nitrogen and oxygen atoms in total. The van der Waals surface area contributed by atoms with Gasteiger partial charge in [0.05, 0.1) is 12.2 Å². The molecule has 0 amide bonds. The number of fused-ring (bicyclic) bond motifs is 1. The van der Waals surface area contributed by atoms with Crippen LogP contribution in [0, 0.1) is 0 Å². The Kier molecular flexibility index (Phi) is 0.866. The SMILES string of the molecule is O[C@H]1CCC[C@@H]2O[C@@H]21. The summed E-state index contributed by atoms with van der Waals surface area (Å²) in [6, 6.07) is 0. The van der Waals surface area contributed by atoms with Crippen LogP contribution in [0.2, 0.25) is 0 Å². The van der Waals surface area contributed by atoms with Gasteiger partial charge in [-0.3, -0.25) is 0 Å². The van der Waals surface area contributed by atoms with Gasteiger partial charge in [-0.05, 0) is 19.3 Å². The van der Waals surface area contributed by atoms with Crippen LogP contribution in [0.3, 0.4) is 0 Å². The summed E-state index contributed by atoms with van der Waals surface area (Å²) in [5.41, 5.74) is 0. The summed E-state index contributed by atoms with van der Waals surface area (Å²) in [5, 5.41) is 9.09. The molecule has 0 aromatic carbocycles. The first-order valence-corrected chi connectivity index (χ1v) is 3.21. The highest BCUT2D eigenvalue weighted by Gasteiger charge is 2.46. The lowest BCUT2D eigenvalue weighted by atomic mass is 9.98. The standard InChI is InChI=1S/C6H10O2/c7-4-2-1-3-5-6(4)8-5/h4-7H,1-3H2/t4-,5-,6+/m0/s1. The van der Waals surface area contributed by atoms with Crippen molar-refractivity contribution in [1.82, 2.24) is 0 Å². The summed E-state index contributed by atoms with van der Waals surface area (Å²) in [6.45, 7) is 0. The van der Waals surface area contributed by atoms with Gasteiger partial charge in [0.25, 0.3) is 0 Å². The summed E-state index contributed by atoms with van der Waals surface area (Å²) in [5.74, 6) is 0. The molecular weight excluding hydrogens is 104 g/mol. The van der Waals surface area contributed by atoms with Crippen molar-refractivity contribution in [2.24, 2.45) is 0 Å². The molecule has 0 aromatic heterocycles. The molecule has 0 unspecified atom stereocenters. The first-order valence-electron chi connectivity index (χ1n) is 3.21. The van der Waals surface area contributed by atoms with Crippen molar-refractivity contribution < 1.29 is 9.84 Å². The molecule has 1 aliphatic carbocycles. The van der Waals surface area contributed by atoms with Crippen LogP contribution in [0.15, 0.2) is 0 Å². The Balaban J connectivity index is 1.99. The van der Waals surface area contributed by atoms with Crippen LogP contribution < -0.4 is 0 Å². The second-order valence-corrected chi connectivity index (χ2v) is 2.64. The lowest BCUT2D eigenvalue weighted by Crippen LogP contribution is -2.20. The van der Waals surface area contributed by atoms with Gasteiger partial charge in [-0.25, -0.2) is 0 Å². The van der Waals surface area contributed by atoms with Gasteiger partial charge >= 0.3 is 0 Å². The van der Waals surface area contributed by atoms with Gasteiger partial charge in [0, 0.05) is 0 Å². The average Bonchev–Trinajstić information content (AvgIpc) is 2.45. The third-order valence-corrected chi connectivity index (χ3v) is 1.99. The number of epoxide rings is 1. The van der Waals surface area contributed by atoms with Gasteiger partial charge in [-0.1, -0.05) is 0 Å². The van der Waals surface area contributed by atoms with E-state index < -0.39 is 0 Å². The van der Waals surface area contributed by atoms with Crippen molar-refractivity contribution in [3.8, 4) is 0 Å².